The smallest absolute Gasteiger partial charge is 0.241 e. The highest BCUT2D eigenvalue weighted by atomic mass is 32.1. The highest BCUT2D eigenvalue weighted by Gasteiger charge is 2.28. The summed E-state index contributed by atoms with van der Waals surface area (Å²) >= 11 is 1.58. The van der Waals surface area contributed by atoms with Gasteiger partial charge >= 0.3 is 0 Å². The number of carbonyl (C=O) groups excluding carboxylic acids is 2. The standard InChI is InChI=1S/C15H21N3O2S/c19-13(17-6-2-1-3-7-17)11-16-8-9-18(14(20)12-16)15-5-4-10-21-15/h4-5,10H,1-3,6-9,11-12H2. The predicted octanol–water partition coefficient (Wildman–Crippen LogP) is 1.41. The van der Waals surface area contributed by atoms with E-state index in [-0.39, 0.29) is 11.8 Å². The van der Waals surface area contributed by atoms with E-state index in [0.29, 0.717) is 19.6 Å². The zero-order valence-corrected chi connectivity index (χ0v) is 13.0. The van der Waals surface area contributed by atoms with Gasteiger partial charge in [0.25, 0.3) is 0 Å². The van der Waals surface area contributed by atoms with Gasteiger partial charge in [-0.3, -0.25) is 14.5 Å². The van der Waals surface area contributed by atoms with Crippen molar-refractivity contribution in [1.29, 1.82) is 0 Å². The third-order valence-electron chi connectivity index (χ3n) is 4.14. The summed E-state index contributed by atoms with van der Waals surface area (Å²) in [4.78, 5) is 30.2. The van der Waals surface area contributed by atoms with Gasteiger partial charge in [0.05, 0.1) is 18.1 Å². The van der Waals surface area contributed by atoms with E-state index >= 15 is 0 Å². The number of nitrogens with zero attached hydrogens (tertiary/aromatic N) is 3. The molecule has 5 nitrogen and oxygen atoms in total. The van der Waals surface area contributed by atoms with Crippen LogP contribution in [0.3, 0.4) is 0 Å². The number of hydrogen-bond acceptors (Lipinski definition) is 4. The Morgan fingerprint density at radius 3 is 2.62 bits per heavy atom. The van der Waals surface area contributed by atoms with Crippen molar-refractivity contribution in [3.63, 3.8) is 0 Å². The summed E-state index contributed by atoms with van der Waals surface area (Å²) in [5, 5.41) is 2.98. The summed E-state index contributed by atoms with van der Waals surface area (Å²) in [6.07, 6.45) is 3.44. The Bertz CT molecular complexity index is 497. The van der Waals surface area contributed by atoms with Crippen LogP contribution in [0.4, 0.5) is 5.00 Å². The second kappa shape index (κ2) is 6.58. The molecule has 1 aromatic rings. The first-order valence-corrected chi connectivity index (χ1v) is 8.46. The Morgan fingerprint density at radius 2 is 1.95 bits per heavy atom. The van der Waals surface area contributed by atoms with Crippen LogP contribution in [0.5, 0.6) is 0 Å². The molecule has 0 N–H and O–H groups in total. The second-order valence-electron chi connectivity index (χ2n) is 5.65. The molecule has 0 atom stereocenters. The Labute approximate surface area is 129 Å². The molecule has 6 heteroatoms. The molecular formula is C15H21N3O2S. The summed E-state index contributed by atoms with van der Waals surface area (Å²) < 4.78 is 0. The highest BCUT2D eigenvalue weighted by molar-refractivity contribution is 7.14. The number of carbonyl (C=O) groups is 2. The van der Waals surface area contributed by atoms with Crippen LogP contribution >= 0.6 is 11.3 Å². The zero-order valence-electron chi connectivity index (χ0n) is 12.2. The number of likely N-dealkylation sites (tertiary alicyclic amines) is 1. The number of hydrogen-bond donors (Lipinski definition) is 0. The molecule has 0 saturated carbocycles. The van der Waals surface area contributed by atoms with E-state index < -0.39 is 0 Å². The van der Waals surface area contributed by atoms with Crippen LogP contribution < -0.4 is 4.90 Å². The first-order chi connectivity index (χ1) is 10.2. The Balaban J connectivity index is 1.52. The second-order valence-corrected chi connectivity index (χ2v) is 6.57. The van der Waals surface area contributed by atoms with E-state index in [1.165, 1.54) is 6.42 Å². The van der Waals surface area contributed by atoms with E-state index in [9.17, 15) is 9.59 Å². The molecule has 21 heavy (non-hydrogen) atoms. The summed E-state index contributed by atoms with van der Waals surface area (Å²) in [5.41, 5.74) is 0. The lowest BCUT2D eigenvalue weighted by molar-refractivity contribution is -0.134. The fourth-order valence-electron chi connectivity index (χ4n) is 2.95. The van der Waals surface area contributed by atoms with Gasteiger partial charge in [0.2, 0.25) is 11.8 Å². The first kappa shape index (κ1) is 14.5. The largest absolute Gasteiger partial charge is 0.342 e. The van der Waals surface area contributed by atoms with Crippen molar-refractivity contribution in [2.24, 2.45) is 0 Å². The minimum absolute atomic E-state index is 0.0927. The molecule has 2 aliphatic rings. The normalized spacial score (nSPS) is 20.9. The lowest BCUT2D eigenvalue weighted by atomic mass is 10.1. The monoisotopic (exact) mass is 307 g/mol. The molecule has 0 unspecified atom stereocenters. The van der Waals surface area contributed by atoms with Gasteiger partial charge in [0.15, 0.2) is 0 Å². The molecule has 1 aromatic heterocycles. The van der Waals surface area contributed by atoms with E-state index in [2.05, 4.69) is 0 Å². The average Bonchev–Trinajstić information content (AvgIpc) is 3.02. The molecule has 0 aliphatic carbocycles. The highest BCUT2D eigenvalue weighted by Crippen LogP contribution is 2.23. The molecule has 3 heterocycles. The molecule has 2 aliphatic heterocycles. The number of anilines is 1. The minimum Gasteiger partial charge on any atom is -0.342 e. The lowest BCUT2D eigenvalue weighted by Gasteiger charge is -2.35. The van der Waals surface area contributed by atoms with Crippen LogP contribution in [0.25, 0.3) is 0 Å². The van der Waals surface area contributed by atoms with Gasteiger partial charge in [0.1, 0.15) is 0 Å². The Hall–Kier alpha value is -1.40. The number of piperidine rings is 1. The van der Waals surface area contributed by atoms with Gasteiger partial charge in [-0.2, -0.15) is 0 Å². The fourth-order valence-corrected chi connectivity index (χ4v) is 3.72. The first-order valence-electron chi connectivity index (χ1n) is 7.58. The van der Waals surface area contributed by atoms with E-state index in [0.717, 1.165) is 37.5 Å². The van der Waals surface area contributed by atoms with Crippen molar-refractivity contribution in [2.75, 3.05) is 44.2 Å². The van der Waals surface area contributed by atoms with Crippen molar-refractivity contribution < 1.29 is 9.59 Å². The van der Waals surface area contributed by atoms with E-state index in [4.69, 9.17) is 0 Å². The van der Waals surface area contributed by atoms with Gasteiger partial charge in [-0.05, 0) is 36.8 Å². The fraction of sp³-hybridized carbons (Fsp3) is 0.600. The maximum Gasteiger partial charge on any atom is 0.241 e. The molecule has 0 radical (unpaired) electrons. The number of amides is 2. The predicted molar refractivity (Wildman–Crippen MR) is 83.5 cm³/mol. The molecule has 0 aromatic carbocycles. The summed E-state index contributed by atoms with van der Waals surface area (Å²) in [5.74, 6) is 0.266. The van der Waals surface area contributed by atoms with Gasteiger partial charge in [-0.25, -0.2) is 0 Å². The maximum absolute atomic E-state index is 12.2. The maximum atomic E-state index is 12.2. The van der Waals surface area contributed by atoms with Crippen LogP contribution in [0, 0.1) is 0 Å². The van der Waals surface area contributed by atoms with Crippen LogP contribution in [0.15, 0.2) is 17.5 Å². The topological polar surface area (TPSA) is 43.9 Å². The molecule has 114 valence electrons. The van der Waals surface area contributed by atoms with Crippen molar-refractivity contribution >= 4 is 28.2 Å². The SMILES string of the molecule is O=C(CN1CCN(c2cccs2)C(=O)C1)N1CCCCC1. The average molecular weight is 307 g/mol. The number of thiophene rings is 1. The van der Waals surface area contributed by atoms with Gasteiger partial charge in [-0.1, -0.05) is 0 Å². The van der Waals surface area contributed by atoms with E-state index in [1.54, 1.807) is 11.3 Å². The minimum atomic E-state index is 0.0927. The van der Waals surface area contributed by atoms with Crippen LogP contribution in [-0.4, -0.2) is 60.9 Å². The summed E-state index contributed by atoms with van der Waals surface area (Å²) in [7, 11) is 0. The Morgan fingerprint density at radius 1 is 1.14 bits per heavy atom. The molecule has 2 saturated heterocycles. The number of rotatable bonds is 3. The van der Waals surface area contributed by atoms with Crippen molar-refractivity contribution in [1.82, 2.24) is 9.80 Å². The van der Waals surface area contributed by atoms with Crippen LogP contribution in [-0.2, 0) is 9.59 Å². The summed E-state index contributed by atoms with van der Waals surface area (Å²) in [6.45, 7) is 3.92. The van der Waals surface area contributed by atoms with Gasteiger partial charge in [0, 0.05) is 26.2 Å². The molecule has 3 rings (SSSR count). The van der Waals surface area contributed by atoms with Gasteiger partial charge in [-0.15, -0.1) is 11.3 Å². The molecule has 2 amide bonds. The third kappa shape index (κ3) is 3.44. The van der Waals surface area contributed by atoms with Crippen molar-refractivity contribution in [3.8, 4) is 0 Å². The molecule has 0 bridgehead atoms. The van der Waals surface area contributed by atoms with Crippen LogP contribution in [0.1, 0.15) is 19.3 Å². The van der Waals surface area contributed by atoms with Crippen molar-refractivity contribution in [2.45, 2.75) is 19.3 Å². The van der Waals surface area contributed by atoms with E-state index in [1.807, 2.05) is 32.2 Å². The Kier molecular flexibility index (Phi) is 4.55. The lowest BCUT2D eigenvalue weighted by Crippen LogP contribution is -2.53. The molecule has 2 fully saturated rings. The molecule has 0 spiro atoms. The van der Waals surface area contributed by atoms with Crippen molar-refractivity contribution in [3.05, 3.63) is 17.5 Å². The zero-order chi connectivity index (χ0) is 14.7. The quantitative estimate of drug-likeness (QED) is 0.848. The summed E-state index contributed by atoms with van der Waals surface area (Å²) in [6, 6.07) is 3.93. The molecular weight excluding hydrogens is 286 g/mol. The van der Waals surface area contributed by atoms with Crippen LogP contribution in [0.2, 0.25) is 0 Å². The van der Waals surface area contributed by atoms with Gasteiger partial charge < -0.3 is 9.80 Å². The number of piperazine rings is 1. The third-order valence-corrected chi connectivity index (χ3v) is 5.03.